The first-order chi connectivity index (χ1) is 9.21. The number of nitrogens with zero attached hydrogens (tertiary/aromatic N) is 2. The van der Waals surface area contributed by atoms with Gasteiger partial charge in [0.15, 0.2) is 5.96 Å². The molecule has 1 rings (SSSR count). The molecule has 0 saturated carbocycles. The number of benzene rings is 1. The van der Waals surface area contributed by atoms with Crippen LogP contribution >= 0.6 is 11.8 Å². The quantitative estimate of drug-likeness (QED) is 0.493. The first kappa shape index (κ1) is 15.9. The maximum Gasteiger partial charge on any atom is 0.193 e. The minimum absolute atomic E-state index is 0.878. The molecule has 0 aromatic heterocycles. The lowest BCUT2D eigenvalue weighted by Crippen LogP contribution is -2.39. The fraction of sp³-hybridized carbons (Fsp3) is 0.533. The molecule has 0 atom stereocenters. The Morgan fingerprint density at radius 2 is 1.89 bits per heavy atom. The van der Waals surface area contributed by atoms with Gasteiger partial charge < -0.3 is 10.2 Å². The van der Waals surface area contributed by atoms with Crippen LogP contribution < -0.4 is 5.32 Å². The predicted octanol–water partition coefficient (Wildman–Crippen LogP) is 2.62. The molecule has 3 nitrogen and oxygen atoms in total. The number of aryl methyl sites for hydroxylation is 1. The molecule has 0 aliphatic rings. The Bertz CT molecular complexity index is 387. The van der Waals surface area contributed by atoms with Gasteiger partial charge in [0.05, 0.1) is 0 Å². The zero-order valence-corrected chi connectivity index (χ0v) is 13.3. The Hall–Kier alpha value is -1.16. The molecule has 19 heavy (non-hydrogen) atoms. The molecule has 0 radical (unpaired) electrons. The molecule has 0 fully saturated rings. The maximum atomic E-state index is 4.31. The fourth-order valence-corrected chi connectivity index (χ4v) is 2.18. The molecule has 0 aliphatic heterocycles. The standard InChI is InChI=1S/C15H25N3S/c1-5-13-6-8-14(9-7-13)12-18(3)15(16-2)17-10-11-19-4/h6-9H,5,10-12H2,1-4H3,(H,16,17). The van der Waals surface area contributed by atoms with E-state index >= 15 is 0 Å². The number of thioether (sulfide) groups is 1. The average Bonchev–Trinajstić information content (AvgIpc) is 2.44. The second-order valence-electron chi connectivity index (χ2n) is 4.49. The van der Waals surface area contributed by atoms with Gasteiger partial charge >= 0.3 is 0 Å². The van der Waals surface area contributed by atoms with Crippen molar-refractivity contribution in [3.05, 3.63) is 35.4 Å². The smallest absolute Gasteiger partial charge is 0.193 e. The summed E-state index contributed by atoms with van der Waals surface area (Å²) in [6, 6.07) is 8.80. The van der Waals surface area contributed by atoms with E-state index in [1.54, 1.807) is 0 Å². The van der Waals surface area contributed by atoms with E-state index < -0.39 is 0 Å². The van der Waals surface area contributed by atoms with Gasteiger partial charge in [0, 0.05) is 32.9 Å². The van der Waals surface area contributed by atoms with Crippen molar-refractivity contribution in [2.75, 3.05) is 32.6 Å². The number of guanidine groups is 1. The van der Waals surface area contributed by atoms with Gasteiger partial charge in [0.1, 0.15) is 0 Å². The van der Waals surface area contributed by atoms with Gasteiger partial charge in [-0.15, -0.1) is 0 Å². The molecular weight excluding hydrogens is 254 g/mol. The summed E-state index contributed by atoms with van der Waals surface area (Å²) in [7, 11) is 3.90. The highest BCUT2D eigenvalue weighted by Gasteiger charge is 2.05. The molecule has 0 heterocycles. The van der Waals surface area contributed by atoms with Gasteiger partial charge in [-0.05, 0) is 23.8 Å². The number of aliphatic imine (C=N–C) groups is 1. The van der Waals surface area contributed by atoms with Crippen molar-refractivity contribution in [2.24, 2.45) is 4.99 Å². The van der Waals surface area contributed by atoms with E-state index in [9.17, 15) is 0 Å². The van der Waals surface area contributed by atoms with E-state index in [1.165, 1.54) is 11.1 Å². The zero-order valence-electron chi connectivity index (χ0n) is 12.4. The summed E-state index contributed by atoms with van der Waals surface area (Å²) in [5.74, 6) is 2.05. The first-order valence-electron chi connectivity index (χ1n) is 6.69. The van der Waals surface area contributed by atoms with E-state index in [-0.39, 0.29) is 0 Å². The summed E-state index contributed by atoms with van der Waals surface area (Å²) in [4.78, 5) is 6.47. The molecular formula is C15H25N3S. The van der Waals surface area contributed by atoms with Gasteiger partial charge in [-0.1, -0.05) is 31.2 Å². The summed E-state index contributed by atoms with van der Waals surface area (Å²) in [6.07, 6.45) is 3.21. The highest BCUT2D eigenvalue weighted by Crippen LogP contribution is 2.07. The Morgan fingerprint density at radius 3 is 2.42 bits per heavy atom. The number of nitrogens with one attached hydrogen (secondary N) is 1. The van der Waals surface area contributed by atoms with Crippen molar-refractivity contribution in [1.82, 2.24) is 10.2 Å². The number of hydrogen-bond donors (Lipinski definition) is 1. The summed E-state index contributed by atoms with van der Waals surface area (Å²) in [5, 5.41) is 3.37. The van der Waals surface area contributed by atoms with E-state index in [1.807, 2.05) is 18.8 Å². The van der Waals surface area contributed by atoms with E-state index in [0.717, 1.165) is 31.2 Å². The van der Waals surface area contributed by atoms with Crippen LogP contribution in [-0.4, -0.2) is 43.5 Å². The van der Waals surface area contributed by atoms with Crippen LogP contribution in [0, 0.1) is 0 Å². The van der Waals surface area contributed by atoms with Gasteiger partial charge in [-0.25, -0.2) is 0 Å². The molecule has 0 spiro atoms. The minimum Gasteiger partial charge on any atom is -0.355 e. The monoisotopic (exact) mass is 279 g/mol. The summed E-state index contributed by atoms with van der Waals surface area (Å²) < 4.78 is 0. The van der Waals surface area contributed by atoms with Crippen LogP contribution in [0.25, 0.3) is 0 Å². The van der Waals surface area contributed by atoms with Crippen LogP contribution in [0.2, 0.25) is 0 Å². The molecule has 1 N–H and O–H groups in total. The largest absolute Gasteiger partial charge is 0.355 e. The van der Waals surface area contributed by atoms with Crippen LogP contribution in [0.5, 0.6) is 0 Å². The number of rotatable bonds is 6. The van der Waals surface area contributed by atoms with Crippen molar-refractivity contribution in [3.8, 4) is 0 Å². The lowest BCUT2D eigenvalue weighted by molar-refractivity contribution is 0.479. The molecule has 0 amide bonds. The third-order valence-corrected chi connectivity index (χ3v) is 3.63. The Kier molecular flexibility index (Phi) is 7.41. The topological polar surface area (TPSA) is 27.6 Å². The van der Waals surface area contributed by atoms with Crippen LogP contribution in [0.15, 0.2) is 29.3 Å². The van der Waals surface area contributed by atoms with Crippen molar-refractivity contribution >= 4 is 17.7 Å². The van der Waals surface area contributed by atoms with Crippen molar-refractivity contribution in [3.63, 3.8) is 0 Å². The average molecular weight is 279 g/mol. The van der Waals surface area contributed by atoms with E-state index in [4.69, 9.17) is 0 Å². The van der Waals surface area contributed by atoms with Crippen LogP contribution in [-0.2, 0) is 13.0 Å². The fourth-order valence-electron chi connectivity index (χ4n) is 1.88. The third-order valence-electron chi connectivity index (χ3n) is 3.01. The Labute approximate surface area is 121 Å². The van der Waals surface area contributed by atoms with Crippen molar-refractivity contribution in [1.29, 1.82) is 0 Å². The summed E-state index contributed by atoms with van der Waals surface area (Å²) >= 11 is 1.84. The lowest BCUT2D eigenvalue weighted by Gasteiger charge is -2.22. The highest BCUT2D eigenvalue weighted by atomic mass is 32.2. The van der Waals surface area contributed by atoms with Crippen molar-refractivity contribution < 1.29 is 0 Å². The SMILES string of the molecule is CCc1ccc(CN(C)C(=NC)NCCSC)cc1. The second-order valence-corrected chi connectivity index (χ2v) is 5.48. The molecule has 0 bridgehead atoms. The Morgan fingerprint density at radius 1 is 1.26 bits per heavy atom. The normalized spacial score (nSPS) is 11.5. The third kappa shape index (κ3) is 5.55. The molecule has 0 aliphatic carbocycles. The summed E-state index contributed by atoms with van der Waals surface area (Å²) in [5.41, 5.74) is 2.70. The van der Waals surface area contributed by atoms with Gasteiger partial charge in [-0.2, -0.15) is 11.8 Å². The van der Waals surface area contributed by atoms with Crippen LogP contribution in [0.1, 0.15) is 18.1 Å². The van der Waals surface area contributed by atoms with Gasteiger partial charge in [0.2, 0.25) is 0 Å². The lowest BCUT2D eigenvalue weighted by atomic mass is 10.1. The molecule has 0 unspecified atom stereocenters. The van der Waals surface area contributed by atoms with Gasteiger partial charge in [-0.3, -0.25) is 4.99 Å². The Balaban J connectivity index is 2.53. The first-order valence-corrected chi connectivity index (χ1v) is 8.09. The van der Waals surface area contributed by atoms with Crippen molar-refractivity contribution in [2.45, 2.75) is 19.9 Å². The van der Waals surface area contributed by atoms with Crippen LogP contribution in [0.4, 0.5) is 0 Å². The highest BCUT2D eigenvalue weighted by molar-refractivity contribution is 7.98. The maximum absolute atomic E-state index is 4.31. The minimum atomic E-state index is 0.878. The number of hydrogen-bond acceptors (Lipinski definition) is 2. The van der Waals surface area contributed by atoms with E-state index in [2.05, 4.69) is 59.7 Å². The summed E-state index contributed by atoms with van der Waals surface area (Å²) in [6.45, 7) is 4.01. The molecule has 0 saturated heterocycles. The second kappa shape index (κ2) is 8.86. The van der Waals surface area contributed by atoms with Gasteiger partial charge in [0.25, 0.3) is 0 Å². The molecule has 4 heteroatoms. The zero-order chi connectivity index (χ0) is 14.1. The van der Waals surface area contributed by atoms with E-state index in [0.29, 0.717) is 0 Å². The molecule has 1 aromatic carbocycles. The van der Waals surface area contributed by atoms with Crippen LogP contribution in [0.3, 0.4) is 0 Å². The molecule has 1 aromatic rings. The molecule has 106 valence electrons. The predicted molar refractivity (Wildman–Crippen MR) is 87.0 cm³/mol.